The van der Waals surface area contributed by atoms with Crippen LogP contribution in [-0.4, -0.2) is 25.6 Å². The van der Waals surface area contributed by atoms with Crippen molar-refractivity contribution in [1.29, 1.82) is 0 Å². The second-order valence-corrected chi connectivity index (χ2v) is 3.65. The summed E-state index contributed by atoms with van der Waals surface area (Å²) in [7, 11) is 1.79. The Balaban J connectivity index is 3.70. The highest BCUT2D eigenvalue weighted by Gasteiger charge is 1.99. The van der Waals surface area contributed by atoms with E-state index in [4.69, 9.17) is 0 Å². The highest BCUT2D eigenvalue weighted by atomic mass is 15.2. The number of aliphatic imine (C=N–C) groups is 1. The van der Waals surface area contributed by atoms with Crippen molar-refractivity contribution in [3.63, 3.8) is 0 Å². The Morgan fingerprint density at radius 2 is 1.83 bits per heavy atom. The zero-order valence-electron chi connectivity index (χ0n) is 8.81. The topological polar surface area (TPSA) is 36.4 Å². The Morgan fingerprint density at radius 3 is 2.17 bits per heavy atom. The maximum Gasteiger partial charge on any atom is 0.191 e. The molecule has 2 N–H and O–H groups in total. The minimum atomic E-state index is 0.434. The van der Waals surface area contributed by atoms with Gasteiger partial charge in [-0.05, 0) is 19.8 Å². The van der Waals surface area contributed by atoms with Crippen LogP contribution < -0.4 is 10.6 Å². The van der Waals surface area contributed by atoms with Crippen LogP contribution in [0.25, 0.3) is 0 Å². The van der Waals surface area contributed by atoms with Gasteiger partial charge >= 0.3 is 0 Å². The molecule has 0 amide bonds. The first kappa shape index (κ1) is 11.3. The van der Waals surface area contributed by atoms with E-state index in [1.165, 1.54) is 0 Å². The van der Waals surface area contributed by atoms with Crippen molar-refractivity contribution in [2.75, 3.05) is 13.6 Å². The average molecular weight is 171 g/mol. The molecule has 0 saturated heterocycles. The number of hydrogen-bond donors (Lipinski definition) is 2. The molecular weight excluding hydrogens is 150 g/mol. The van der Waals surface area contributed by atoms with Crippen LogP contribution in [0, 0.1) is 5.92 Å². The summed E-state index contributed by atoms with van der Waals surface area (Å²) in [6, 6.07) is 0.434. The molecule has 0 aromatic heterocycles. The van der Waals surface area contributed by atoms with Crippen molar-refractivity contribution in [1.82, 2.24) is 10.6 Å². The minimum absolute atomic E-state index is 0.434. The summed E-state index contributed by atoms with van der Waals surface area (Å²) in [6.45, 7) is 9.52. The number of guanidine groups is 1. The van der Waals surface area contributed by atoms with Gasteiger partial charge in [-0.3, -0.25) is 4.99 Å². The maximum absolute atomic E-state index is 4.09. The standard InChI is InChI=1S/C9H21N3/c1-7(2)6-11-9(10-5)12-8(3)4/h7-8H,6H2,1-5H3,(H2,10,11,12). The van der Waals surface area contributed by atoms with Gasteiger partial charge in [0.1, 0.15) is 0 Å². The fourth-order valence-corrected chi connectivity index (χ4v) is 0.769. The molecule has 3 nitrogen and oxygen atoms in total. The lowest BCUT2D eigenvalue weighted by Crippen LogP contribution is -2.42. The third-order valence-corrected chi connectivity index (χ3v) is 1.33. The van der Waals surface area contributed by atoms with E-state index in [2.05, 4.69) is 43.3 Å². The van der Waals surface area contributed by atoms with Crippen LogP contribution >= 0.6 is 0 Å². The molecule has 72 valence electrons. The van der Waals surface area contributed by atoms with E-state index >= 15 is 0 Å². The van der Waals surface area contributed by atoms with E-state index in [1.54, 1.807) is 7.05 Å². The Kier molecular flexibility index (Phi) is 5.51. The number of rotatable bonds is 3. The SMILES string of the molecule is CN=C(NCC(C)C)NC(C)C. The Hall–Kier alpha value is -0.730. The van der Waals surface area contributed by atoms with Gasteiger partial charge in [-0.2, -0.15) is 0 Å². The van der Waals surface area contributed by atoms with Gasteiger partial charge in [-0.25, -0.2) is 0 Å². The molecule has 0 aromatic carbocycles. The summed E-state index contributed by atoms with van der Waals surface area (Å²) < 4.78 is 0. The average Bonchev–Trinajstić information content (AvgIpc) is 1.97. The summed E-state index contributed by atoms with van der Waals surface area (Å²) in [5.41, 5.74) is 0. The predicted molar refractivity (Wildman–Crippen MR) is 54.5 cm³/mol. The molecule has 0 aromatic rings. The molecule has 0 unspecified atom stereocenters. The zero-order valence-corrected chi connectivity index (χ0v) is 8.81. The molecule has 0 fully saturated rings. The van der Waals surface area contributed by atoms with Crippen LogP contribution in [0.5, 0.6) is 0 Å². The van der Waals surface area contributed by atoms with Crippen LogP contribution in [0.1, 0.15) is 27.7 Å². The minimum Gasteiger partial charge on any atom is -0.356 e. The van der Waals surface area contributed by atoms with Crippen molar-refractivity contribution < 1.29 is 0 Å². The van der Waals surface area contributed by atoms with Gasteiger partial charge in [0.05, 0.1) is 0 Å². The Morgan fingerprint density at radius 1 is 1.25 bits per heavy atom. The van der Waals surface area contributed by atoms with Gasteiger partial charge in [0.15, 0.2) is 5.96 Å². The maximum atomic E-state index is 4.09. The Bertz CT molecular complexity index is 139. The molecule has 0 radical (unpaired) electrons. The smallest absolute Gasteiger partial charge is 0.191 e. The van der Waals surface area contributed by atoms with Crippen molar-refractivity contribution >= 4 is 5.96 Å². The fraction of sp³-hybridized carbons (Fsp3) is 0.889. The quantitative estimate of drug-likeness (QED) is 0.495. The van der Waals surface area contributed by atoms with E-state index in [0.717, 1.165) is 12.5 Å². The number of hydrogen-bond acceptors (Lipinski definition) is 1. The number of nitrogens with zero attached hydrogens (tertiary/aromatic N) is 1. The summed E-state index contributed by atoms with van der Waals surface area (Å²) in [5.74, 6) is 1.54. The van der Waals surface area contributed by atoms with E-state index < -0.39 is 0 Å². The summed E-state index contributed by atoms with van der Waals surface area (Å²) in [5, 5.41) is 6.46. The lowest BCUT2D eigenvalue weighted by Gasteiger charge is -2.15. The molecule has 0 rings (SSSR count). The lowest BCUT2D eigenvalue weighted by molar-refractivity contribution is 0.605. The summed E-state index contributed by atoms with van der Waals surface area (Å²) in [4.78, 5) is 4.09. The van der Waals surface area contributed by atoms with Gasteiger partial charge in [0, 0.05) is 19.6 Å². The first-order valence-electron chi connectivity index (χ1n) is 4.53. The first-order chi connectivity index (χ1) is 5.56. The van der Waals surface area contributed by atoms with Crippen LogP contribution in [0.15, 0.2) is 4.99 Å². The van der Waals surface area contributed by atoms with Crippen LogP contribution in [0.2, 0.25) is 0 Å². The fourth-order valence-electron chi connectivity index (χ4n) is 0.769. The van der Waals surface area contributed by atoms with E-state index in [-0.39, 0.29) is 0 Å². The monoisotopic (exact) mass is 171 g/mol. The normalized spacial score (nSPS) is 12.4. The first-order valence-corrected chi connectivity index (χ1v) is 4.53. The summed E-state index contributed by atoms with van der Waals surface area (Å²) in [6.07, 6.45) is 0. The van der Waals surface area contributed by atoms with Crippen molar-refractivity contribution in [3.05, 3.63) is 0 Å². The van der Waals surface area contributed by atoms with Crippen molar-refractivity contribution in [2.45, 2.75) is 33.7 Å². The molecule has 0 aliphatic carbocycles. The largest absolute Gasteiger partial charge is 0.356 e. The molecule has 0 bridgehead atoms. The third kappa shape index (κ3) is 6.01. The second-order valence-electron chi connectivity index (χ2n) is 3.65. The van der Waals surface area contributed by atoms with Crippen LogP contribution in [0.3, 0.4) is 0 Å². The van der Waals surface area contributed by atoms with E-state index in [1.807, 2.05) is 0 Å². The highest BCUT2D eigenvalue weighted by Crippen LogP contribution is 1.87. The van der Waals surface area contributed by atoms with Gasteiger partial charge < -0.3 is 10.6 Å². The molecule has 0 heterocycles. The molecule has 3 heteroatoms. The zero-order chi connectivity index (χ0) is 9.56. The third-order valence-electron chi connectivity index (χ3n) is 1.33. The van der Waals surface area contributed by atoms with Gasteiger partial charge in [0.2, 0.25) is 0 Å². The molecule has 0 saturated carbocycles. The van der Waals surface area contributed by atoms with Gasteiger partial charge in [-0.1, -0.05) is 13.8 Å². The van der Waals surface area contributed by atoms with Crippen molar-refractivity contribution in [3.8, 4) is 0 Å². The molecule has 0 aliphatic heterocycles. The molecule has 0 spiro atoms. The van der Waals surface area contributed by atoms with E-state index in [0.29, 0.717) is 12.0 Å². The van der Waals surface area contributed by atoms with Gasteiger partial charge in [-0.15, -0.1) is 0 Å². The predicted octanol–water partition coefficient (Wildman–Crippen LogP) is 1.22. The molecular formula is C9H21N3. The van der Waals surface area contributed by atoms with Crippen molar-refractivity contribution in [2.24, 2.45) is 10.9 Å². The van der Waals surface area contributed by atoms with Crippen LogP contribution in [0.4, 0.5) is 0 Å². The molecule has 0 aliphatic rings. The second kappa shape index (κ2) is 5.86. The van der Waals surface area contributed by atoms with Gasteiger partial charge in [0.25, 0.3) is 0 Å². The number of nitrogens with one attached hydrogen (secondary N) is 2. The molecule has 12 heavy (non-hydrogen) atoms. The van der Waals surface area contributed by atoms with Crippen LogP contribution in [-0.2, 0) is 0 Å². The van der Waals surface area contributed by atoms with E-state index in [9.17, 15) is 0 Å². The highest BCUT2D eigenvalue weighted by molar-refractivity contribution is 5.79. The lowest BCUT2D eigenvalue weighted by atomic mass is 10.2. The molecule has 0 atom stereocenters. The summed E-state index contributed by atoms with van der Waals surface area (Å²) >= 11 is 0. The Labute approximate surface area is 75.7 Å².